The second-order valence-corrected chi connectivity index (χ2v) is 7.74. The second-order valence-electron chi connectivity index (χ2n) is 7.74. The summed E-state index contributed by atoms with van der Waals surface area (Å²) in [6.45, 7) is 0. The van der Waals surface area contributed by atoms with E-state index < -0.39 is 30.3 Å². The number of carbonyl (C=O) groups excluding carboxylic acids is 1. The Morgan fingerprint density at radius 2 is 1.84 bits per heavy atom. The van der Waals surface area contributed by atoms with Gasteiger partial charge in [-0.25, -0.2) is 15.0 Å². The molecule has 0 spiro atoms. The number of hydrogen-bond donors (Lipinski definition) is 5. The first kappa shape index (κ1) is 21.7. The average Bonchev–Trinajstić information content (AvgIpc) is 3.31. The van der Waals surface area contributed by atoms with Gasteiger partial charge >= 0.3 is 5.97 Å². The van der Waals surface area contributed by atoms with Crippen LogP contribution in [-0.4, -0.2) is 65.0 Å². The molecule has 4 atom stereocenters. The number of para-hydroxylation sites is 1. The number of anilines is 2. The number of nitrogens with one attached hydrogen (secondary N) is 2. The normalized spacial score (nSPS) is 22.7. The molecule has 1 aliphatic rings. The van der Waals surface area contributed by atoms with E-state index in [-0.39, 0.29) is 31.6 Å². The number of hydrogen-bond acceptors (Lipinski definition) is 8. The lowest BCUT2D eigenvalue weighted by atomic mass is 10.1. The van der Waals surface area contributed by atoms with Crippen LogP contribution >= 0.6 is 0 Å². The van der Waals surface area contributed by atoms with Gasteiger partial charge in [0.25, 0.3) is 0 Å². The Hall–Kier alpha value is -3.57. The van der Waals surface area contributed by atoms with Gasteiger partial charge in [-0.05, 0) is 25.0 Å². The van der Waals surface area contributed by atoms with Crippen LogP contribution in [0.5, 0.6) is 0 Å². The third kappa shape index (κ3) is 4.53. The molecule has 0 saturated heterocycles. The number of aliphatic carboxylic acids is 1. The molecule has 1 amide bonds. The molecule has 5 N–H and O–H groups in total. The van der Waals surface area contributed by atoms with E-state index >= 15 is 0 Å². The number of benzene rings is 1. The summed E-state index contributed by atoms with van der Waals surface area (Å²) in [6, 6.07) is 8.26. The summed E-state index contributed by atoms with van der Waals surface area (Å²) in [5.74, 6) is -0.823. The molecule has 0 radical (unpaired) electrons. The molecular formula is C21H24N6O5. The molecule has 2 heterocycles. The molecule has 1 fully saturated rings. The predicted octanol–water partition coefficient (Wildman–Crippen LogP) is 0.976. The molecule has 2 aromatic heterocycles. The van der Waals surface area contributed by atoms with Crippen molar-refractivity contribution < 1.29 is 24.9 Å². The first-order valence-corrected chi connectivity index (χ1v) is 10.3. The van der Waals surface area contributed by atoms with Crippen LogP contribution in [0.2, 0.25) is 0 Å². The Balaban J connectivity index is 1.49. The van der Waals surface area contributed by atoms with Crippen molar-refractivity contribution in [3.05, 3.63) is 43.0 Å². The summed E-state index contributed by atoms with van der Waals surface area (Å²) in [6.07, 6.45) is 1.01. The van der Waals surface area contributed by atoms with Crippen LogP contribution in [0.25, 0.3) is 11.2 Å². The summed E-state index contributed by atoms with van der Waals surface area (Å²) in [5.41, 5.74) is 1.84. The summed E-state index contributed by atoms with van der Waals surface area (Å²) in [7, 11) is 0. The van der Waals surface area contributed by atoms with Gasteiger partial charge in [-0.15, -0.1) is 0 Å². The van der Waals surface area contributed by atoms with Crippen LogP contribution in [0.15, 0.2) is 43.0 Å². The van der Waals surface area contributed by atoms with Crippen LogP contribution in [0.4, 0.5) is 11.5 Å². The molecule has 11 nitrogen and oxygen atoms in total. The summed E-state index contributed by atoms with van der Waals surface area (Å²) >= 11 is 0. The van der Waals surface area contributed by atoms with Crippen LogP contribution in [0.1, 0.15) is 31.7 Å². The van der Waals surface area contributed by atoms with Gasteiger partial charge in [0.1, 0.15) is 18.5 Å². The van der Waals surface area contributed by atoms with Crippen LogP contribution in [0.3, 0.4) is 0 Å². The summed E-state index contributed by atoms with van der Waals surface area (Å²) in [4.78, 5) is 35.7. The molecule has 3 aromatic rings. The van der Waals surface area contributed by atoms with Gasteiger partial charge in [0, 0.05) is 18.5 Å². The van der Waals surface area contributed by atoms with Gasteiger partial charge in [-0.2, -0.15) is 0 Å². The number of fused-ring (bicyclic) bond motifs is 1. The van der Waals surface area contributed by atoms with Gasteiger partial charge in [0.15, 0.2) is 17.0 Å². The molecular weight excluding hydrogens is 416 g/mol. The number of carboxylic acids is 1. The largest absolute Gasteiger partial charge is 0.481 e. The predicted molar refractivity (Wildman–Crippen MR) is 114 cm³/mol. The van der Waals surface area contributed by atoms with E-state index in [9.17, 15) is 19.8 Å². The topological polar surface area (TPSA) is 162 Å². The highest BCUT2D eigenvalue weighted by atomic mass is 16.4. The molecule has 1 aromatic carbocycles. The van der Waals surface area contributed by atoms with Crippen molar-refractivity contribution in [1.29, 1.82) is 0 Å². The highest BCUT2D eigenvalue weighted by molar-refractivity contribution is 5.85. The fourth-order valence-corrected chi connectivity index (χ4v) is 3.95. The number of aromatic nitrogens is 4. The minimum atomic E-state index is -1.18. The number of nitrogens with zero attached hydrogens (tertiary/aromatic N) is 4. The first-order chi connectivity index (χ1) is 15.4. The van der Waals surface area contributed by atoms with E-state index in [1.807, 2.05) is 30.3 Å². The monoisotopic (exact) mass is 440 g/mol. The fourth-order valence-electron chi connectivity index (χ4n) is 3.95. The van der Waals surface area contributed by atoms with Crippen molar-refractivity contribution in [3.63, 3.8) is 0 Å². The highest BCUT2D eigenvalue weighted by Crippen LogP contribution is 2.34. The average molecular weight is 440 g/mol. The van der Waals surface area contributed by atoms with E-state index in [0.29, 0.717) is 17.0 Å². The number of carbonyl (C=O) groups is 2. The first-order valence-electron chi connectivity index (χ1n) is 10.3. The van der Waals surface area contributed by atoms with Crippen molar-refractivity contribution in [1.82, 2.24) is 24.8 Å². The SMILES string of the molecule is O=C(O)CCCC(=O)N[C@@H]1C[C@H](n2cnc3c(Nc4ccccc4)ncnc32)[C@H](O)[C@@H]1O. The summed E-state index contributed by atoms with van der Waals surface area (Å²) < 4.78 is 1.68. The molecule has 0 unspecified atom stereocenters. The number of rotatable bonds is 8. The van der Waals surface area contributed by atoms with E-state index in [2.05, 4.69) is 25.6 Å². The van der Waals surface area contributed by atoms with Crippen molar-refractivity contribution in [2.45, 2.75) is 50.0 Å². The van der Waals surface area contributed by atoms with E-state index in [4.69, 9.17) is 5.11 Å². The minimum absolute atomic E-state index is 0.0338. The van der Waals surface area contributed by atoms with Crippen LogP contribution in [0, 0.1) is 0 Å². The minimum Gasteiger partial charge on any atom is -0.481 e. The molecule has 1 aliphatic carbocycles. The second kappa shape index (κ2) is 9.28. The van der Waals surface area contributed by atoms with Gasteiger partial charge < -0.3 is 30.5 Å². The molecule has 168 valence electrons. The number of aliphatic hydroxyl groups is 2. The smallest absolute Gasteiger partial charge is 0.303 e. The lowest BCUT2D eigenvalue weighted by Gasteiger charge is -2.18. The van der Waals surface area contributed by atoms with Crippen molar-refractivity contribution in [3.8, 4) is 0 Å². The zero-order valence-corrected chi connectivity index (χ0v) is 17.1. The lowest BCUT2D eigenvalue weighted by Crippen LogP contribution is -2.43. The maximum Gasteiger partial charge on any atom is 0.303 e. The van der Waals surface area contributed by atoms with Crippen LogP contribution in [-0.2, 0) is 9.59 Å². The van der Waals surface area contributed by atoms with Gasteiger partial charge in [-0.1, -0.05) is 18.2 Å². The van der Waals surface area contributed by atoms with Gasteiger partial charge in [0.2, 0.25) is 5.91 Å². The lowest BCUT2D eigenvalue weighted by molar-refractivity contribution is -0.137. The molecule has 0 bridgehead atoms. The third-order valence-electron chi connectivity index (χ3n) is 5.55. The Morgan fingerprint density at radius 1 is 1.06 bits per heavy atom. The molecule has 11 heteroatoms. The third-order valence-corrected chi connectivity index (χ3v) is 5.55. The van der Waals surface area contributed by atoms with E-state index in [1.54, 1.807) is 4.57 Å². The van der Waals surface area contributed by atoms with Crippen molar-refractivity contribution >= 4 is 34.5 Å². The quantitative estimate of drug-likeness (QED) is 0.343. The summed E-state index contributed by atoms with van der Waals surface area (Å²) in [5, 5.41) is 35.7. The van der Waals surface area contributed by atoms with E-state index in [1.165, 1.54) is 12.7 Å². The van der Waals surface area contributed by atoms with Gasteiger partial charge in [0.05, 0.1) is 18.4 Å². The van der Waals surface area contributed by atoms with Gasteiger partial charge in [-0.3, -0.25) is 9.59 Å². The Kier molecular flexibility index (Phi) is 6.28. The zero-order chi connectivity index (χ0) is 22.7. The number of imidazole rings is 1. The molecule has 32 heavy (non-hydrogen) atoms. The Bertz CT molecular complexity index is 1100. The maximum absolute atomic E-state index is 12.1. The molecule has 1 saturated carbocycles. The Labute approximate surface area is 183 Å². The number of aliphatic hydroxyl groups excluding tert-OH is 2. The molecule has 4 rings (SSSR count). The Morgan fingerprint density at radius 3 is 2.59 bits per heavy atom. The standard InChI is InChI=1S/C21H24N6O5/c28-15(7-4-8-16(29)30)26-13-9-14(19(32)18(13)31)27-11-24-17-20(22-10-23-21(17)27)25-12-5-2-1-3-6-12/h1-3,5-6,10-11,13-14,18-19,31-32H,4,7-9H2,(H,26,28)(H,29,30)(H,22,23,25)/t13-,14+,18-,19+/m1/s1. The van der Waals surface area contributed by atoms with E-state index in [0.717, 1.165) is 5.69 Å². The maximum atomic E-state index is 12.1. The zero-order valence-electron chi connectivity index (χ0n) is 17.1. The highest BCUT2D eigenvalue weighted by Gasteiger charge is 2.43. The number of carboxylic acid groups (broad SMARTS) is 1. The fraction of sp³-hybridized carbons (Fsp3) is 0.381. The number of amides is 1. The van der Waals surface area contributed by atoms with Crippen LogP contribution < -0.4 is 10.6 Å². The van der Waals surface area contributed by atoms with Crippen molar-refractivity contribution in [2.24, 2.45) is 0 Å². The molecule has 0 aliphatic heterocycles. The van der Waals surface area contributed by atoms with Crippen molar-refractivity contribution in [2.75, 3.05) is 5.32 Å².